The predicted molar refractivity (Wildman–Crippen MR) is 120 cm³/mol. The van der Waals surface area contributed by atoms with Crippen LogP contribution in [0.2, 0.25) is 0 Å². The lowest BCUT2D eigenvalue weighted by molar-refractivity contribution is -0.134. The van der Waals surface area contributed by atoms with Crippen molar-refractivity contribution in [2.24, 2.45) is 5.92 Å². The van der Waals surface area contributed by atoms with Gasteiger partial charge in [0.2, 0.25) is 5.91 Å². The van der Waals surface area contributed by atoms with Gasteiger partial charge in [0.05, 0.1) is 6.67 Å². The van der Waals surface area contributed by atoms with Crippen LogP contribution in [0.15, 0.2) is 24.3 Å². The van der Waals surface area contributed by atoms with Crippen molar-refractivity contribution in [1.29, 1.82) is 0 Å². The summed E-state index contributed by atoms with van der Waals surface area (Å²) in [6.07, 6.45) is 4.27. The van der Waals surface area contributed by atoms with Crippen molar-refractivity contribution in [1.82, 2.24) is 20.4 Å². The first-order chi connectivity index (χ1) is 15.5. The lowest BCUT2D eigenvalue weighted by atomic mass is 9.78. The fourth-order valence-electron chi connectivity index (χ4n) is 5.04. The number of amides is 4. The molecule has 1 aromatic rings. The number of benzene rings is 1. The molecule has 2 saturated heterocycles. The average molecular weight is 443 g/mol. The van der Waals surface area contributed by atoms with Gasteiger partial charge in [-0.1, -0.05) is 24.3 Å². The number of piperidine rings is 1. The van der Waals surface area contributed by atoms with Crippen molar-refractivity contribution in [2.75, 3.05) is 39.5 Å². The third-order valence-corrected chi connectivity index (χ3v) is 6.95. The van der Waals surface area contributed by atoms with E-state index in [0.29, 0.717) is 45.7 Å². The Morgan fingerprint density at radius 3 is 2.72 bits per heavy atom. The van der Waals surface area contributed by atoms with Gasteiger partial charge < -0.3 is 15.4 Å². The standard InChI is InChI=1S/C24H34N4O4/c1-2-32-15-5-12-25-21(29)19-9-13-27(14-10-19)17-28-22(30)24(26-23(28)31)11-8-18-6-3-4-7-20(18)16-24/h3-4,6-7,19H,2,5,8-17H2,1H3,(H,25,29)(H,26,31). The Labute approximate surface area is 189 Å². The summed E-state index contributed by atoms with van der Waals surface area (Å²) in [6.45, 7) is 5.63. The van der Waals surface area contributed by atoms with Crippen LogP contribution >= 0.6 is 0 Å². The molecule has 1 atom stereocenters. The molecule has 2 heterocycles. The molecule has 1 aliphatic carbocycles. The van der Waals surface area contributed by atoms with Crippen molar-refractivity contribution in [2.45, 2.75) is 51.0 Å². The molecule has 174 valence electrons. The quantitative estimate of drug-likeness (QED) is 0.472. The number of carbonyl (C=O) groups is 3. The zero-order valence-electron chi connectivity index (χ0n) is 18.9. The molecule has 0 saturated carbocycles. The smallest absolute Gasteiger partial charge is 0.326 e. The minimum atomic E-state index is -0.814. The van der Waals surface area contributed by atoms with E-state index in [-0.39, 0.29) is 30.4 Å². The number of hydrogen-bond acceptors (Lipinski definition) is 5. The second kappa shape index (κ2) is 10.0. The second-order valence-electron chi connectivity index (χ2n) is 9.07. The summed E-state index contributed by atoms with van der Waals surface area (Å²) in [4.78, 5) is 41.8. The molecule has 32 heavy (non-hydrogen) atoms. The van der Waals surface area contributed by atoms with Crippen LogP contribution in [0.4, 0.5) is 4.79 Å². The Hall–Kier alpha value is -2.45. The number of likely N-dealkylation sites (tertiary alicyclic amines) is 1. The molecular formula is C24H34N4O4. The predicted octanol–water partition coefficient (Wildman–Crippen LogP) is 1.68. The molecule has 8 nitrogen and oxygen atoms in total. The highest BCUT2D eigenvalue weighted by Gasteiger charge is 2.52. The van der Waals surface area contributed by atoms with Crippen molar-refractivity contribution in [3.63, 3.8) is 0 Å². The Bertz CT molecular complexity index is 852. The molecule has 1 spiro atoms. The first-order valence-electron chi connectivity index (χ1n) is 11.8. The summed E-state index contributed by atoms with van der Waals surface area (Å²) in [5, 5.41) is 5.99. The van der Waals surface area contributed by atoms with Gasteiger partial charge in [-0.3, -0.25) is 14.5 Å². The van der Waals surface area contributed by atoms with Crippen LogP contribution in [-0.2, 0) is 27.2 Å². The lowest BCUT2D eigenvalue weighted by Crippen LogP contribution is -2.52. The zero-order chi connectivity index (χ0) is 22.6. The van der Waals surface area contributed by atoms with E-state index >= 15 is 0 Å². The Morgan fingerprint density at radius 1 is 1.22 bits per heavy atom. The van der Waals surface area contributed by atoms with E-state index in [2.05, 4.69) is 21.6 Å². The molecule has 1 unspecified atom stereocenters. The topological polar surface area (TPSA) is 91.0 Å². The molecule has 2 aliphatic heterocycles. The molecule has 0 radical (unpaired) electrons. The minimum Gasteiger partial charge on any atom is -0.382 e. The first-order valence-corrected chi connectivity index (χ1v) is 11.8. The van der Waals surface area contributed by atoms with Gasteiger partial charge in [-0.05, 0) is 50.2 Å². The highest BCUT2D eigenvalue weighted by Crippen LogP contribution is 2.34. The Balaban J connectivity index is 1.26. The summed E-state index contributed by atoms with van der Waals surface area (Å²) in [5.41, 5.74) is 1.59. The van der Waals surface area contributed by atoms with Gasteiger partial charge in [-0.25, -0.2) is 9.69 Å². The molecule has 1 aromatic carbocycles. The number of fused-ring (bicyclic) bond motifs is 1. The van der Waals surface area contributed by atoms with Crippen LogP contribution < -0.4 is 10.6 Å². The number of carbonyl (C=O) groups excluding carboxylic acids is 3. The van der Waals surface area contributed by atoms with E-state index < -0.39 is 5.54 Å². The van der Waals surface area contributed by atoms with Crippen LogP contribution in [0.5, 0.6) is 0 Å². The summed E-state index contributed by atoms with van der Waals surface area (Å²) in [5.74, 6) is -0.0372. The molecule has 4 rings (SSSR count). The van der Waals surface area contributed by atoms with Crippen molar-refractivity contribution >= 4 is 17.8 Å². The number of aryl methyl sites for hydroxylation is 1. The van der Waals surface area contributed by atoms with E-state index in [0.717, 1.165) is 31.2 Å². The van der Waals surface area contributed by atoms with E-state index in [4.69, 9.17) is 4.74 Å². The largest absolute Gasteiger partial charge is 0.382 e. The van der Waals surface area contributed by atoms with Crippen LogP contribution in [0.1, 0.15) is 43.7 Å². The number of urea groups is 1. The number of nitrogens with one attached hydrogen (secondary N) is 2. The molecule has 2 fully saturated rings. The van der Waals surface area contributed by atoms with Crippen LogP contribution in [0.3, 0.4) is 0 Å². The molecule has 0 aromatic heterocycles. The number of rotatable bonds is 8. The van der Waals surface area contributed by atoms with Crippen molar-refractivity contribution < 1.29 is 19.1 Å². The van der Waals surface area contributed by atoms with Gasteiger partial charge in [-0.15, -0.1) is 0 Å². The minimum absolute atomic E-state index is 0.0114. The first kappa shape index (κ1) is 22.7. The SMILES string of the molecule is CCOCCCNC(=O)C1CCN(CN2C(=O)NC3(CCc4ccccc4C3)C2=O)CC1. The molecule has 0 bridgehead atoms. The highest BCUT2D eigenvalue weighted by molar-refractivity contribution is 6.07. The normalized spacial score (nSPS) is 24.0. The van der Waals surface area contributed by atoms with Crippen LogP contribution in [0.25, 0.3) is 0 Å². The average Bonchev–Trinajstić information content (AvgIpc) is 3.03. The third kappa shape index (κ3) is 4.81. The summed E-state index contributed by atoms with van der Waals surface area (Å²) >= 11 is 0. The van der Waals surface area contributed by atoms with E-state index in [9.17, 15) is 14.4 Å². The lowest BCUT2D eigenvalue weighted by Gasteiger charge is -2.34. The van der Waals surface area contributed by atoms with E-state index in [1.165, 1.54) is 10.5 Å². The monoisotopic (exact) mass is 442 g/mol. The number of nitrogens with zero attached hydrogens (tertiary/aromatic N) is 2. The molecule has 8 heteroatoms. The Kier molecular flexibility index (Phi) is 7.10. The van der Waals surface area contributed by atoms with E-state index in [1.807, 2.05) is 25.1 Å². The fourth-order valence-corrected chi connectivity index (χ4v) is 5.04. The maximum Gasteiger partial charge on any atom is 0.326 e. The number of imide groups is 1. The van der Waals surface area contributed by atoms with Crippen molar-refractivity contribution in [3.8, 4) is 0 Å². The third-order valence-electron chi connectivity index (χ3n) is 6.95. The van der Waals surface area contributed by atoms with E-state index in [1.54, 1.807) is 0 Å². The van der Waals surface area contributed by atoms with Crippen molar-refractivity contribution in [3.05, 3.63) is 35.4 Å². The zero-order valence-corrected chi connectivity index (χ0v) is 18.9. The maximum absolute atomic E-state index is 13.3. The number of ether oxygens (including phenoxy) is 1. The fraction of sp³-hybridized carbons (Fsp3) is 0.625. The van der Waals surface area contributed by atoms with Gasteiger partial charge in [0.25, 0.3) is 5.91 Å². The van der Waals surface area contributed by atoms with Gasteiger partial charge in [0.15, 0.2) is 0 Å². The molecule has 2 N–H and O–H groups in total. The summed E-state index contributed by atoms with van der Waals surface area (Å²) in [7, 11) is 0. The summed E-state index contributed by atoms with van der Waals surface area (Å²) < 4.78 is 5.29. The summed E-state index contributed by atoms with van der Waals surface area (Å²) in [6, 6.07) is 7.84. The maximum atomic E-state index is 13.3. The molecule has 4 amide bonds. The molecule has 3 aliphatic rings. The van der Waals surface area contributed by atoms with Gasteiger partial charge in [0, 0.05) is 45.2 Å². The second-order valence-corrected chi connectivity index (χ2v) is 9.07. The molecular weight excluding hydrogens is 408 g/mol. The van der Waals surface area contributed by atoms with Gasteiger partial charge in [0.1, 0.15) is 5.54 Å². The highest BCUT2D eigenvalue weighted by atomic mass is 16.5. The van der Waals surface area contributed by atoms with Crippen LogP contribution in [0, 0.1) is 5.92 Å². The van der Waals surface area contributed by atoms with Crippen LogP contribution in [-0.4, -0.2) is 72.7 Å². The van der Waals surface area contributed by atoms with Gasteiger partial charge in [-0.2, -0.15) is 0 Å². The Morgan fingerprint density at radius 2 is 1.97 bits per heavy atom. The number of hydrogen-bond donors (Lipinski definition) is 2. The van der Waals surface area contributed by atoms with Gasteiger partial charge >= 0.3 is 6.03 Å².